The number of hydrogen-bond donors (Lipinski definition) is 4. The molecule has 4 N–H and O–H groups in total. The molecule has 4 aromatic rings. The van der Waals surface area contributed by atoms with Gasteiger partial charge in [-0.2, -0.15) is 0 Å². The Morgan fingerprint density at radius 2 is 0.806 bits per heavy atom. The molecule has 0 bridgehead atoms. The van der Waals surface area contributed by atoms with Crippen LogP contribution in [0.4, 0.5) is 0 Å². The summed E-state index contributed by atoms with van der Waals surface area (Å²) in [6.45, 7) is 0. The average molecular weight is 485 g/mol. The minimum Gasteiger partial charge on any atom is -0.504 e. The van der Waals surface area contributed by atoms with Gasteiger partial charge < -0.3 is 29.9 Å². The third kappa shape index (κ3) is 7.08. The summed E-state index contributed by atoms with van der Waals surface area (Å²) in [5, 5.41) is 38.1. The van der Waals surface area contributed by atoms with E-state index in [0.29, 0.717) is 0 Å². The molecule has 0 fully saturated rings. The molecule has 0 amide bonds. The molecule has 0 aliphatic heterocycles. The van der Waals surface area contributed by atoms with Crippen LogP contribution in [-0.4, -0.2) is 34.6 Å². The molecule has 6 heteroatoms. The Bertz CT molecular complexity index is 1220. The number of methoxy groups -OCH3 is 2. The first-order chi connectivity index (χ1) is 17.4. The lowest BCUT2D eigenvalue weighted by atomic mass is 10.1. The topological polar surface area (TPSA) is 99.4 Å². The van der Waals surface area contributed by atoms with Crippen LogP contribution >= 0.6 is 0 Å². The Hall–Kier alpha value is -4.84. The summed E-state index contributed by atoms with van der Waals surface area (Å²) in [5.74, 6) is -0.363. The average Bonchev–Trinajstić information content (AvgIpc) is 2.91. The lowest BCUT2D eigenvalue weighted by Crippen LogP contribution is -1.85. The molecule has 0 heterocycles. The van der Waals surface area contributed by atoms with Crippen LogP contribution in [-0.2, 0) is 0 Å². The number of phenols is 4. The van der Waals surface area contributed by atoms with Crippen LogP contribution in [0.1, 0.15) is 22.3 Å². The minimum atomic E-state index is -0.241. The third-order valence-corrected chi connectivity index (χ3v) is 5.13. The van der Waals surface area contributed by atoms with Crippen molar-refractivity contribution in [3.8, 4) is 34.5 Å². The van der Waals surface area contributed by atoms with Gasteiger partial charge in [-0.3, -0.25) is 0 Å². The fourth-order valence-corrected chi connectivity index (χ4v) is 3.24. The van der Waals surface area contributed by atoms with Crippen LogP contribution < -0.4 is 9.47 Å². The molecule has 0 unspecified atom stereocenters. The number of hydrogen-bond acceptors (Lipinski definition) is 6. The normalized spacial score (nSPS) is 10.7. The van der Waals surface area contributed by atoms with E-state index in [1.165, 1.54) is 26.4 Å². The zero-order valence-electron chi connectivity index (χ0n) is 20.0. The second-order valence-corrected chi connectivity index (χ2v) is 7.67. The van der Waals surface area contributed by atoms with Crippen molar-refractivity contribution in [2.45, 2.75) is 0 Å². The maximum atomic E-state index is 9.55. The van der Waals surface area contributed by atoms with Gasteiger partial charge in [-0.15, -0.1) is 0 Å². The van der Waals surface area contributed by atoms with E-state index in [2.05, 4.69) is 0 Å². The van der Waals surface area contributed by atoms with Crippen molar-refractivity contribution in [2.75, 3.05) is 14.2 Å². The van der Waals surface area contributed by atoms with Gasteiger partial charge in [-0.05, 0) is 46.5 Å². The number of aromatic hydroxyl groups is 4. The maximum absolute atomic E-state index is 9.55. The Labute approximate surface area is 210 Å². The fraction of sp³-hybridized carbons (Fsp3) is 0.0667. The van der Waals surface area contributed by atoms with Gasteiger partial charge in [0.25, 0.3) is 0 Å². The van der Waals surface area contributed by atoms with E-state index in [-0.39, 0.29) is 34.5 Å². The van der Waals surface area contributed by atoms with Crippen molar-refractivity contribution in [1.29, 1.82) is 0 Å². The van der Waals surface area contributed by atoms with Gasteiger partial charge in [0.15, 0.2) is 23.0 Å². The third-order valence-electron chi connectivity index (χ3n) is 5.13. The van der Waals surface area contributed by atoms with Gasteiger partial charge in [0.2, 0.25) is 11.5 Å². The Morgan fingerprint density at radius 3 is 1.14 bits per heavy atom. The highest BCUT2D eigenvalue weighted by molar-refractivity contribution is 5.73. The molecule has 0 aromatic heterocycles. The van der Waals surface area contributed by atoms with E-state index in [9.17, 15) is 20.4 Å². The fourth-order valence-electron chi connectivity index (χ4n) is 3.24. The lowest BCUT2D eigenvalue weighted by molar-refractivity contribution is 0.351. The molecule has 0 aliphatic rings. The van der Waals surface area contributed by atoms with E-state index in [0.717, 1.165) is 22.3 Å². The second-order valence-electron chi connectivity index (χ2n) is 7.67. The summed E-state index contributed by atoms with van der Waals surface area (Å²) in [7, 11) is 2.89. The van der Waals surface area contributed by atoms with Crippen LogP contribution in [0.15, 0.2) is 84.9 Å². The summed E-state index contributed by atoms with van der Waals surface area (Å²) in [6, 6.07) is 25.9. The second kappa shape index (κ2) is 12.6. The monoisotopic (exact) mass is 484 g/mol. The first kappa shape index (κ1) is 25.8. The summed E-state index contributed by atoms with van der Waals surface area (Å²) in [6.07, 6.45) is 7.53. The molecule has 4 aromatic carbocycles. The van der Waals surface area contributed by atoms with Gasteiger partial charge >= 0.3 is 0 Å². The van der Waals surface area contributed by atoms with E-state index < -0.39 is 0 Å². The SMILES string of the molecule is COc1cc(/C=C/c2ccccc2)cc(O)c1O.COc1cc(/C=C/c2ccccc2)cc(O)c1O. The summed E-state index contributed by atoms with van der Waals surface area (Å²) >= 11 is 0. The number of benzene rings is 4. The van der Waals surface area contributed by atoms with Gasteiger partial charge in [-0.25, -0.2) is 0 Å². The van der Waals surface area contributed by atoms with E-state index in [1.54, 1.807) is 12.1 Å². The zero-order chi connectivity index (χ0) is 25.9. The first-order valence-electron chi connectivity index (χ1n) is 11.1. The Morgan fingerprint density at radius 1 is 0.472 bits per heavy atom. The smallest absolute Gasteiger partial charge is 0.200 e. The largest absolute Gasteiger partial charge is 0.504 e. The van der Waals surface area contributed by atoms with Crippen LogP contribution in [0.5, 0.6) is 34.5 Å². The van der Waals surface area contributed by atoms with Crippen molar-refractivity contribution >= 4 is 24.3 Å². The van der Waals surface area contributed by atoms with Crippen molar-refractivity contribution in [1.82, 2.24) is 0 Å². The van der Waals surface area contributed by atoms with Crippen molar-refractivity contribution < 1.29 is 29.9 Å². The Balaban J connectivity index is 0.000000201. The highest BCUT2D eigenvalue weighted by atomic mass is 16.5. The van der Waals surface area contributed by atoms with Crippen LogP contribution in [0.25, 0.3) is 24.3 Å². The highest BCUT2D eigenvalue weighted by Gasteiger charge is 2.09. The number of phenolic OH excluding ortho intramolecular Hbond substituents is 4. The number of ether oxygens (including phenoxy) is 2. The molecule has 0 spiro atoms. The molecule has 36 heavy (non-hydrogen) atoms. The molecule has 6 nitrogen and oxygen atoms in total. The van der Waals surface area contributed by atoms with Crippen LogP contribution in [0.2, 0.25) is 0 Å². The predicted molar refractivity (Wildman–Crippen MR) is 143 cm³/mol. The molecular formula is C30H28O6. The molecule has 4 rings (SSSR count). The maximum Gasteiger partial charge on any atom is 0.200 e. The summed E-state index contributed by atoms with van der Waals surface area (Å²) in [4.78, 5) is 0. The van der Waals surface area contributed by atoms with Crippen molar-refractivity contribution in [3.63, 3.8) is 0 Å². The van der Waals surface area contributed by atoms with E-state index in [1.807, 2.05) is 85.0 Å². The minimum absolute atomic E-state index is 0.193. The molecule has 0 saturated heterocycles. The first-order valence-corrected chi connectivity index (χ1v) is 11.1. The van der Waals surface area contributed by atoms with Crippen LogP contribution in [0, 0.1) is 0 Å². The van der Waals surface area contributed by atoms with Gasteiger partial charge in [0.1, 0.15) is 0 Å². The molecular weight excluding hydrogens is 456 g/mol. The molecule has 0 radical (unpaired) electrons. The quantitative estimate of drug-likeness (QED) is 0.183. The van der Waals surface area contributed by atoms with Gasteiger partial charge in [0.05, 0.1) is 14.2 Å². The van der Waals surface area contributed by atoms with Crippen molar-refractivity contribution in [3.05, 3.63) is 107 Å². The summed E-state index contributed by atoms with van der Waals surface area (Å²) < 4.78 is 9.95. The molecule has 0 atom stereocenters. The lowest BCUT2D eigenvalue weighted by Gasteiger charge is -2.06. The standard InChI is InChI=1S/2C15H14O3/c2*1-18-14-10-12(9-13(16)15(14)17)8-7-11-5-3-2-4-6-11/h2*2-10,16-17H,1H3/b2*8-7+. The molecule has 184 valence electrons. The highest BCUT2D eigenvalue weighted by Crippen LogP contribution is 2.37. The predicted octanol–water partition coefficient (Wildman–Crippen LogP) is 6.55. The van der Waals surface area contributed by atoms with Crippen molar-refractivity contribution in [2.24, 2.45) is 0 Å². The summed E-state index contributed by atoms with van der Waals surface area (Å²) in [5.41, 5.74) is 3.63. The Kier molecular flexibility index (Phi) is 9.00. The molecule has 0 aliphatic carbocycles. The number of rotatable bonds is 6. The van der Waals surface area contributed by atoms with Crippen LogP contribution in [0.3, 0.4) is 0 Å². The van der Waals surface area contributed by atoms with E-state index >= 15 is 0 Å². The molecule has 0 saturated carbocycles. The zero-order valence-corrected chi connectivity index (χ0v) is 20.0. The van der Waals surface area contributed by atoms with Gasteiger partial charge in [0, 0.05) is 0 Å². The van der Waals surface area contributed by atoms with Gasteiger partial charge in [-0.1, -0.05) is 85.0 Å². The van der Waals surface area contributed by atoms with E-state index in [4.69, 9.17) is 9.47 Å².